The number of nitrogens with zero attached hydrogens (tertiary/aromatic N) is 2. The first-order valence-electron chi connectivity index (χ1n) is 8.02. The van der Waals surface area contributed by atoms with E-state index in [1.165, 1.54) is 50.0 Å². The minimum atomic E-state index is 0.0887. The normalized spacial score (nSPS) is 28.3. The van der Waals surface area contributed by atoms with E-state index < -0.39 is 0 Å². The van der Waals surface area contributed by atoms with Crippen LogP contribution in [0.1, 0.15) is 63.8 Å². The van der Waals surface area contributed by atoms with Crippen LogP contribution in [0.25, 0.3) is 0 Å². The third kappa shape index (κ3) is 2.45. The molecule has 2 aliphatic rings. The second kappa shape index (κ2) is 5.28. The summed E-state index contributed by atoms with van der Waals surface area (Å²) >= 11 is 0. The Hall–Kier alpha value is -0.830. The predicted molar refractivity (Wildman–Crippen MR) is 78.2 cm³/mol. The Morgan fingerprint density at radius 1 is 1.37 bits per heavy atom. The van der Waals surface area contributed by atoms with Gasteiger partial charge in [0.1, 0.15) is 0 Å². The fourth-order valence-corrected chi connectivity index (χ4v) is 3.77. The Labute approximate surface area is 116 Å². The highest BCUT2D eigenvalue weighted by Gasteiger charge is 2.33. The molecule has 19 heavy (non-hydrogen) atoms. The third-order valence-corrected chi connectivity index (χ3v) is 5.23. The molecule has 0 aromatic carbocycles. The molecule has 1 atom stereocenters. The van der Waals surface area contributed by atoms with Crippen molar-refractivity contribution in [2.24, 2.45) is 5.92 Å². The lowest BCUT2D eigenvalue weighted by Crippen LogP contribution is -2.45. The van der Waals surface area contributed by atoms with Crippen LogP contribution in [0, 0.1) is 5.92 Å². The first-order chi connectivity index (χ1) is 9.23. The van der Waals surface area contributed by atoms with E-state index in [2.05, 4.69) is 30.1 Å². The average Bonchev–Trinajstić information content (AvgIpc) is 2.85. The van der Waals surface area contributed by atoms with Crippen molar-refractivity contribution < 1.29 is 0 Å². The summed E-state index contributed by atoms with van der Waals surface area (Å²) in [5.74, 6) is 0.884. The maximum absolute atomic E-state index is 4.75. The van der Waals surface area contributed by atoms with Crippen LogP contribution in [0.5, 0.6) is 0 Å². The molecule has 1 fully saturated rings. The molecule has 3 rings (SSSR count). The summed E-state index contributed by atoms with van der Waals surface area (Å²) in [4.78, 5) is 4.75. The molecule has 1 aromatic heterocycles. The van der Waals surface area contributed by atoms with Crippen LogP contribution in [-0.4, -0.2) is 16.1 Å². The molecule has 2 heterocycles. The Morgan fingerprint density at radius 3 is 2.89 bits per heavy atom. The average molecular weight is 261 g/mol. The molecule has 106 valence electrons. The molecule has 1 unspecified atom stereocenters. The number of fused-ring (bicyclic) bond motifs is 1. The second-order valence-electron chi connectivity index (χ2n) is 6.56. The lowest BCUT2D eigenvalue weighted by Gasteiger charge is -2.34. The van der Waals surface area contributed by atoms with E-state index in [0.717, 1.165) is 25.3 Å². The fraction of sp³-hybridized carbons (Fsp3) is 0.812. The van der Waals surface area contributed by atoms with E-state index in [-0.39, 0.29) is 5.54 Å². The van der Waals surface area contributed by atoms with Gasteiger partial charge in [0.05, 0.1) is 17.6 Å². The van der Waals surface area contributed by atoms with E-state index in [1.807, 2.05) is 0 Å². The van der Waals surface area contributed by atoms with Gasteiger partial charge in [0, 0.05) is 25.2 Å². The Balaban J connectivity index is 1.80. The molecule has 1 saturated carbocycles. The van der Waals surface area contributed by atoms with Gasteiger partial charge in [0.15, 0.2) is 0 Å². The van der Waals surface area contributed by atoms with Crippen molar-refractivity contribution in [2.75, 3.05) is 6.54 Å². The predicted octanol–water partition coefficient (Wildman–Crippen LogP) is 3.23. The van der Waals surface area contributed by atoms with Crippen molar-refractivity contribution in [1.82, 2.24) is 14.9 Å². The Kier molecular flexibility index (Phi) is 3.66. The topological polar surface area (TPSA) is 29.9 Å². The molecule has 1 aliphatic heterocycles. The third-order valence-electron chi connectivity index (χ3n) is 5.23. The number of hydrogen-bond acceptors (Lipinski definition) is 2. The molecule has 3 heteroatoms. The lowest BCUT2D eigenvalue weighted by atomic mass is 9.87. The van der Waals surface area contributed by atoms with Crippen LogP contribution in [0.3, 0.4) is 0 Å². The van der Waals surface area contributed by atoms with Gasteiger partial charge in [-0.1, -0.05) is 26.2 Å². The summed E-state index contributed by atoms with van der Waals surface area (Å²) in [5, 5.41) is 3.64. The molecule has 0 amide bonds. The number of aromatic nitrogens is 2. The van der Waals surface area contributed by atoms with E-state index >= 15 is 0 Å². The quantitative estimate of drug-likeness (QED) is 0.905. The zero-order chi connectivity index (χ0) is 13.3. The van der Waals surface area contributed by atoms with Crippen LogP contribution in [0.2, 0.25) is 0 Å². The summed E-state index contributed by atoms with van der Waals surface area (Å²) < 4.78 is 2.46. The molecule has 0 radical (unpaired) electrons. The highest BCUT2D eigenvalue weighted by atomic mass is 15.1. The van der Waals surface area contributed by atoms with Gasteiger partial charge in [-0.05, 0) is 32.1 Å². The van der Waals surface area contributed by atoms with Crippen molar-refractivity contribution in [3.05, 3.63) is 17.7 Å². The summed E-state index contributed by atoms with van der Waals surface area (Å²) in [6.07, 6.45) is 11.5. The van der Waals surface area contributed by atoms with Crippen LogP contribution in [-0.2, 0) is 18.5 Å². The van der Waals surface area contributed by atoms with Crippen molar-refractivity contribution in [3.8, 4) is 0 Å². The van der Waals surface area contributed by atoms with Crippen LogP contribution < -0.4 is 5.32 Å². The highest BCUT2D eigenvalue weighted by Crippen LogP contribution is 2.31. The molecular formula is C16H27N3. The molecule has 1 aliphatic carbocycles. The molecule has 0 bridgehead atoms. The van der Waals surface area contributed by atoms with E-state index in [0.29, 0.717) is 0 Å². The zero-order valence-corrected chi connectivity index (χ0v) is 12.4. The first kappa shape index (κ1) is 13.2. The minimum Gasteiger partial charge on any atom is -0.334 e. The SMILES string of the molecule is CCC1(C)NCCc2c1ncn2CC1CCCCC1. The highest BCUT2D eigenvalue weighted by molar-refractivity contribution is 5.25. The first-order valence-corrected chi connectivity index (χ1v) is 8.02. The van der Waals surface area contributed by atoms with Crippen molar-refractivity contribution in [2.45, 2.75) is 70.9 Å². The van der Waals surface area contributed by atoms with Gasteiger partial charge in [-0.25, -0.2) is 4.98 Å². The Bertz CT molecular complexity index is 431. The number of rotatable bonds is 3. The van der Waals surface area contributed by atoms with Crippen molar-refractivity contribution in [1.29, 1.82) is 0 Å². The molecular weight excluding hydrogens is 234 g/mol. The fourth-order valence-electron chi connectivity index (χ4n) is 3.77. The lowest BCUT2D eigenvalue weighted by molar-refractivity contribution is 0.302. The maximum Gasteiger partial charge on any atom is 0.0952 e. The van der Waals surface area contributed by atoms with Gasteiger partial charge < -0.3 is 9.88 Å². The van der Waals surface area contributed by atoms with Gasteiger partial charge in [-0.15, -0.1) is 0 Å². The molecule has 3 nitrogen and oxygen atoms in total. The summed E-state index contributed by atoms with van der Waals surface area (Å²) in [5.41, 5.74) is 2.89. The zero-order valence-electron chi connectivity index (χ0n) is 12.4. The summed E-state index contributed by atoms with van der Waals surface area (Å²) in [7, 11) is 0. The molecule has 1 aromatic rings. The van der Waals surface area contributed by atoms with Crippen molar-refractivity contribution >= 4 is 0 Å². The Morgan fingerprint density at radius 2 is 2.16 bits per heavy atom. The largest absolute Gasteiger partial charge is 0.334 e. The van der Waals surface area contributed by atoms with Gasteiger partial charge in [-0.2, -0.15) is 0 Å². The molecule has 0 spiro atoms. The number of hydrogen-bond donors (Lipinski definition) is 1. The van der Waals surface area contributed by atoms with Gasteiger partial charge in [0.25, 0.3) is 0 Å². The summed E-state index contributed by atoms with van der Waals surface area (Å²) in [6.45, 7) is 6.83. The van der Waals surface area contributed by atoms with Crippen molar-refractivity contribution in [3.63, 3.8) is 0 Å². The van der Waals surface area contributed by atoms with Gasteiger partial charge in [-0.3, -0.25) is 0 Å². The van der Waals surface area contributed by atoms with Crippen LogP contribution in [0.15, 0.2) is 6.33 Å². The summed E-state index contributed by atoms with van der Waals surface area (Å²) in [6, 6.07) is 0. The number of imidazole rings is 1. The standard InChI is InChI=1S/C16H27N3/c1-3-16(2)15-14(9-10-18-16)19(12-17-15)11-13-7-5-4-6-8-13/h12-13,18H,3-11H2,1-2H3. The number of nitrogens with one attached hydrogen (secondary N) is 1. The van der Waals surface area contributed by atoms with E-state index in [9.17, 15) is 0 Å². The van der Waals surface area contributed by atoms with E-state index in [4.69, 9.17) is 4.98 Å². The smallest absolute Gasteiger partial charge is 0.0952 e. The second-order valence-corrected chi connectivity index (χ2v) is 6.56. The maximum atomic E-state index is 4.75. The molecule has 0 saturated heterocycles. The van der Waals surface area contributed by atoms with E-state index in [1.54, 1.807) is 0 Å². The van der Waals surface area contributed by atoms with Crippen LogP contribution in [0.4, 0.5) is 0 Å². The van der Waals surface area contributed by atoms with Crippen LogP contribution >= 0.6 is 0 Å². The van der Waals surface area contributed by atoms with Gasteiger partial charge in [0.2, 0.25) is 0 Å². The molecule has 1 N–H and O–H groups in total. The van der Waals surface area contributed by atoms with Gasteiger partial charge >= 0.3 is 0 Å². The minimum absolute atomic E-state index is 0.0887. The monoisotopic (exact) mass is 261 g/mol.